The van der Waals surface area contributed by atoms with E-state index in [1.54, 1.807) is 6.07 Å². The molecule has 1 aliphatic carbocycles. The van der Waals surface area contributed by atoms with Gasteiger partial charge in [-0.05, 0) is 37.5 Å². The molecule has 0 aromatic heterocycles. The van der Waals surface area contributed by atoms with Crippen LogP contribution in [-0.4, -0.2) is 11.8 Å². The summed E-state index contributed by atoms with van der Waals surface area (Å²) < 4.78 is 0. The number of hydrogen-bond acceptors (Lipinski definition) is 2. The highest BCUT2D eigenvalue weighted by atomic mass is 35.5. The molecule has 98 valence electrons. The Bertz CT molecular complexity index is 594. The third-order valence-corrected chi connectivity index (χ3v) is 4.14. The van der Waals surface area contributed by atoms with Gasteiger partial charge >= 0.3 is 0 Å². The summed E-state index contributed by atoms with van der Waals surface area (Å²) in [5.74, 6) is -0.742. The number of halogens is 1. The molecule has 1 heterocycles. The number of benzene rings is 1. The Morgan fingerprint density at radius 1 is 1.21 bits per heavy atom. The molecule has 3 rings (SSSR count). The summed E-state index contributed by atoms with van der Waals surface area (Å²) in [6.45, 7) is 1.94. The lowest BCUT2D eigenvalue weighted by atomic mass is 9.85. The number of nitrogens with zero attached hydrogens (tertiary/aromatic N) is 1. The Morgan fingerprint density at radius 2 is 1.95 bits per heavy atom. The first-order valence-corrected chi connectivity index (χ1v) is 6.75. The minimum atomic E-state index is -0.287. The van der Waals surface area contributed by atoms with E-state index in [0.29, 0.717) is 23.6 Å². The second-order valence-corrected chi connectivity index (χ2v) is 5.64. The van der Waals surface area contributed by atoms with E-state index in [4.69, 9.17) is 11.6 Å². The second kappa shape index (κ2) is 4.49. The Labute approximate surface area is 116 Å². The minimum absolute atomic E-state index is 0.0963. The first kappa shape index (κ1) is 12.4. The number of aryl methyl sites for hydroxylation is 1. The molecule has 0 saturated carbocycles. The van der Waals surface area contributed by atoms with Gasteiger partial charge in [-0.3, -0.25) is 14.5 Å². The lowest BCUT2D eigenvalue weighted by Crippen LogP contribution is -2.30. The van der Waals surface area contributed by atoms with Crippen molar-refractivity contribution >= 4 is 29.1 Å². The molecule has 2 aliphatic rings. The standard InChI is InChI=1S/C15H14ClNO2/c1-9-3-2-4-11(7-9)17-14(18)12-6-5-10(16)8-13(12)15(17)19/h2-5,7,12-13H,6,8H2,1H3/t12-,13+/m1/s1. The monoisotopic (exact) mass is 275 g/mol. The number of allylic oxidation sites excluding steroid dienone is 2. The van der Waals surface area contributed by atoms with Gasteiger partial charge in [0.25, 0.3) is 0 Å². The van der Waals surface area contributed by atoms with E-state index >= 15 is 0 Å². The summed E-state index contributed by atoms with van der Waals surface area (Å²) in [5, 5.41) is 0.688. The molecular weight excluding hydrogens is 262 g/mol. The number of fused-ring (bicyclic) bond motifs is 1. The smallest absolute Gasteiger partial charge is 0.238 e. The molecule has 2 amide bonds. The van der Waals surface area contributed by atoms with Crippen LogP contribution in [0.1, 0.15) is 18.4 Å². The average molecular weight is 276 g/mol. The van der Waals surface area contributed by atoms with Crippen molar-refractivity contribution in [2.75, 3.05) is 4.90 Å². The van der Waals surface area contributed by atoms with Crippen molar-refractivity contribution in [3.05, 3.63) is 40.9 Å². The van der Waals surface area contributed by atoms with Crippen LogP contribution < -0.4 is 4.90 Å². The van der Waals surface area contributed by atoms with Gasteiger partial charge in [-0.15, -0.1) is 0 Å². The maximum absolute atomic E-state index is 12.4. The second-order valence-electron chi connectivity index (χ2n) is 5.15. The third-order valence-electron chi connectivity index (χ3n) is 3.83. The molecule has 1 aromatic carbocycles. The van der Waals surface area contributed by atoms with Gasteiger partial charge in [0.05, 0.1) is 17.5 Å². The zero-order valence-corrected chi connectivity index (χ0v) is 11.4. The van der Waals surface area contributed by atoms with E-state index < -0.39 is 0 Å². The van der Waals surface area contributed by atoms with Gasteiger partial charge in [-0.1, -0.05) is 29.8 Å². The molecule has 0 N–H and O–H groups in total. The lowest BCUT2D eigenvalue weighted by Gasteiger charge is -2.17. The molecular formula is C15H14ClNO2. The highest BCUT2D eigenvalue weighted by Crippen LogP contribution is 2.40. The number of imide groups is 1. The van der Waals surface area contributed by atoms with E-state index in [-0.39, 0.29) is 23.7 Å². The molecule has 1 aromatic rings. The van der Waals surface area contributed by atoms with E-state index in [2.05, 4.69) is 0 Å². The number of amides is 2. The highest BCUT2D eigenvalue weighted by Gasteiger charge is 2.48. The predicted octanol–water partition coefficient (Wildman–Crippen LogP) is 3.02. The fourth-order valence-electron chi connectivity index (χ4n) is 2.85. The summed E-state index contributed by atoms with van der Waals surface area (Å²) in [5.41, 5.74) is 1.70. The largest absolute Gasteiger partial charge is 0.274 e. The number of carbonyl (C=O) groups excluding carboxylic acids is 2. The van der Waals surface area contributed by atoms with Gasteiger partial charge in [-0.2, -0.15) is 0 Å². The van der Waals surface area contributed by atoms with E-state index in [1.807, 2.05) is 31.2 Å². The number of rotatable bonds is 1. The van der Waals surface area contributed by atoms with E-state index in [1.165, 1.54) is 4.90 Å². The Hall–Kier alpha value is -1.61. The third kappa shape index (κ3) is 1.98. The highest BCUT2D eigenvalue weighted by molar-refractivity contribution is 6.30. The molecule has 1 fully saturated rings. The van der Waals surface area contributed by atoms with Crippen LogP contribution in [0.5, 0.6) is 0 Å². The summed E-state index contributed by atoms with van der Waals surface area (Å²) >= 11 is 5.99. The van der Waals surface area contributed by atoms with E-state index in [9.17, 15) is 9.59 Å². The molecule has 1 saturated heterocycles. The van der Waals surface area contributed by atoms with E-state index in [0.717, 1.165) is 5.56 Å². The first-order valence-electron chi connectivity index (χ1n) is 6.37. The van der Waals surface area contributed by atoms with Crippen LogP contribution in [0.2, 0.25) is 0 Å². The molecule has 0 spiro atoms. The zero-order chi connectivity index (χ0) is 13.6. The first-order chi connectivity index (χ1) is 9.08. The topological polar surface area (TPSA) is 37.4 Å². The van der Waals surface area contributed by atoms with Crippen molar-refractivity contribution in [3.8, 4) is 0 Å². The van der Waals surface area contributed by atoms with Crippen molar-refractivity contribution in [1.82, 2.24) is 0 Å². The fourth-order valence-corrected chi connectivity index (χ4v) is 3.10. The van der Waals surface area contributed by atoms with Crippen molar-refractivity contribution in [1.29, 1.82) is 0 Å². The molecule has 0 radical (unpaired) electrons. The number of carbonyl (C=O) groups is 2. The van der Waals surface area contributed by atoms with Gasteiger partial charge in [0.15, 0.2) is 0 Å². The molecule has 19 heavy (non-hydrogen) atoms. The summed E-state index contributed by atoms with van der Waals surface area (Å²) in [6, 6.07) is 7.47. The minimum Gasteiger partial charge on any atom is -0.274 e. The molecule has 0 bridgehead atoms. The average Bonchev–Trinajstić information content (AvgIpc) is 2.61. The van der Waals surface area contributed by atoms with Crippen LogP contribution in [0.15, 0.2) is 35.4 Å². The SMILES string of the molecule is Cc1cccc(N2C(=O)[C@H]3CC(Cl)=CC[C@H]3C2=O)c1. The van der Waals surface area contributed by atoms with Crippen molar-refractivity contribution < 1.29 is 9.59 Å². The number of hydrogen-bond donors (Lipinski definition) is 0. The van der Waals surface area contributed by atoms with Gasteiger partial charge < -0.3 is 0 Å². The van der Waals surface area contributed by atoms with Crippen molar-refractivity contribution in [2.24, 2.45) is 11.8 Å². The van der Waals surface area contributed by atoms with Crippen LogP contribution in [0.25, 0.3) is 0 Å². The Morgan fingerprint density at radius 3 is 2.68 bits per heavy atom. The van der Waals surface area contributed by atoms with Gasteiger partial charge in [0, 0.05) is 5.03 Å². The van der Waals surface area contributed by atoms with Gasteiger partial charge in [0.1, 0.15) is 0 Å². The summed E-state index contributed by atoms with van der Waals surface area (Å²) in [4.78, 5) is 26.2. The normalized spacial score (nSPS) is 26.4. The molecule has 1 aliphatic heterocycles. The Kier molecular flexibility index (Phi) is 2.94. The van der Waals surface area contributed by atoms with Crippen molar-refractivity contribution in [2.45, 2.75) is 19.8 Å². The fraction of sp³-hybridized carbons (Fsp3) is 0.333. The molecule has 2 atom stereocenters. The Balaban J connectivity index is 1.97. The quantitative estimate of drug-likeness (QED) is 0.739. The lowest BCUT2D eigenvalue weighted by molar-refractivity contribution is -0.122. The maximum Gasteiger partial charge on any atom is 0.238 e. The van der Waals surface area contributed by atoms with Crippen LogP contribution in [0.4, 0.5) is 5.69 Å². The van der Waals surface area contributed by atoms with Crippen LogP contribution in [0, 0.1) is 18.8 Å². The summed E-state index contributed by atoms with van der Waals surface area (Å²) in [7, 11) is 0. The van der Waals surface area contributed by atoms with Crippen LogP contribution >= 0.6 is 11.6 Å². The zero-order valence-electron chi connectivity index (χ0n) is 10.6. The maximum atomic E-state index is 12.4. The number of anilines is 1. The molecule has 0 unspecified atom stereocenters. The predicted molar refractivity (Wildman–Crippen MR) is 73.8 cm³/mol. The summed E-state index contributed by atoms with van der Waals surface area (Å²) in [6.07, 6.45) is 2.91. The van der Waals surface area contributed by atoms with Crippen LogP contribution in [0.3, 0.4) is 0 Å². The van der Waals surface area contributed by atoms with Crippen LogP contribution in [-0.2, 0) is 9.59 Å². The molecule has 3 nitrogen and oxygen atoms in total. The van der Waals surface area contributed by atoms with Crippen molar-refractivity contribution in [3.63, 3.8) is 0 Å². The van der Waals surface area contributed by atoms with Gasteiger partial charge in [0.2, 0.25) is 11.8 Å². The molecule has 4 heteroatoms. The van der Waals surface area contributed by atoms with Gasteiger partial charge in [-0.25, -0.2) is 0 Å².